The van der Waals surface area contributed by atoms with E-state index in [1.54, 1.807) is 24.3 Å². The van der Waals surface area contributed by atoms with Crippen LogP contribution < -0.4 is 10.1 Å². The van der Waals surface area contributed by atoms with Gasteiger partial charge in [0.2, 0.25) is 0 Å². The van der Waals surface area contributed by atoms with Crippen LogP contribution >= 0.6 is 0 Å². The van der Waals surface area contributed by atoms with Gasteiger partial charge >= 0.3 is 5.97 Å². The molecule has 0 saturated heterocycles. The summed E-state index contributed by atoms with van der Waals surface area (Å²) in [7, 11) is 3.91. The van der Waals surface area contributed by atoms with Crippen molar-refractivity contribution in [2.45, 2.75) is 26.0 Å². The normalized spacial score (nSPS) is 12.7. The van der Waals surface area contributed by atoms with Gasteiger partial charge in [-0.05, 0) is 45.6 Å². The van der Waals surface area contributed by atoms with E-state index in [0.29, 0.717) is 6.54 Å². The predicted molar refractivity (Wildman–Crippen MR) is 79.1 cm³/mol. The summed E-state index contributed by atoms with van der Waals surface area (Å²) in [5.41, 5.74) is 0.729. The van der Waals surface area contributed by atoms with Crippen LogP contribution in [0.4, 0.5) is 0 Å². The Balaban J connectivity index is 2.69. The zero-order valence-electron chi connectivity index (χ0n) is 12.6. The van der Waals surface area contributed by atoms with Gasteiger partial charge in [0.25, 0.3) is 0 Å². The number of hydrogen-bond donors (Lipinski definition) is 2. The molecule has 1 aromatic carbocycles. The minimum atomic E-state index is -0.874. The van der Waals surface area contributed by atoms with Crippen molar-refractivity contribution in [3.63, 3.8) is 0 Å². The molecule has 0 aliphatic rings. The molecule has 0 aromatic heterocycles. The van der Waals surface area contributed by atoms with Gasteiger partial charge in [0, 0.05) is 13.1 Å². The van der Waals surface area contributed by atoms with Crippen LogP contribution in [0, 0.1) is 0 Å². The van der Waals surface area contributed by atoms with Crippen molar-refractivity contribution in [2.75, 3.05) is 27.2 Å². The maximum absolute atomic E-state index is 11.3. The van der Waals surface area contributed by atoms with Crippen LogP contribution in [0.3, 0.4) is 0 Å². The number of carbonyl (C=O) groups is 1. The molecular formula is C15H24N2O3. The maximum Gasteiger partial charge on any atom is 0.325 e. The molecule has 0 amide bonds. The Morgan fingerprint density at radius 3 is 2.35 bits per heavy atom. The highest BCUT2D eigenvalue weighted by molar-refractivity contribution is 5.75. The van der Waals surface area contributed by atoms with Crippen LogP contribution in [0.2, 0.25) is 0 Å². The molecule has 0 aliphatic carbocycles. The Kier molecular flexibility index (Phi) is 6.48. The highest BCUT2D eigenvalue weighted by atomic mass is 16.5. The Hall–Kier alpha value is -1.59. The average molecular weight is 280 g/mol. The Morgan fingerprint density at radius 2 is 1.90 bits per heavy atom. The van der Waals surface area contributed by atoms with Gasteiger partial charge in [-0.15, -0.1) is 0 Å². The Labute approximate surface area is 120 Å². The fourth-order valence-electron chi connectivity index (χ4n) is 1.79. The van der Waals surface area contributed by atoms with Crippen LogP contribution in [0.5, 0.6) is 5.75 Å². The van der Waals surface area contributed by atoms with Crippen molar-refractivity contribution in [1.29, 1.82) is 0 Å². The van der Waals surface area contributed by atoms with Gasteiger partial charge in [-0.1, -0.05) is 12.1 Å². The summed E-state index contributed by atoms with van der Waals surface area (Å²) in [4.78, 5) is 13.3. The molecule has 1 aromatic rings. The third-order valence-electron chi connectivity index (χ3n) is 2.74. The van der Waals surface area contributed by atoms with E-state index in [1.807, 2.05) is 32.8 Å². The van der Waals surface area contributed by atoms with Crippen LogP contribution in [0.1, 0.15) is 25.5 Å². The lowest BCUT2D eigenvalue weighted by Gasteiger charge is -2.17. The van der Waals surface area contributed by atoms with Gasteiger partial charge in [0.05, 0.1) is 6.10 Å². The van der Waals surface area contributed by atoms with Crippen LogP contribution in [-0.4, -0.2) is 49.3 Å². The molecule has 0 bridgehead atoms. The van der Waals surface area contributed by atoms with E-state index >= 15 is 0 Å². The molecule has 1 unspecified atom stereocenters. The van der Waals surface area contributed by atoms with Gasteiger partial charge in [-0.2, -0.15) is 0 Å². The fraction of sp³-hybridized carbons (Fsp3) is 0.533. The first-order chi connectivity index (χ1) is 9.40. The van der Waals surface area contributed by atoms with E-state index in [9.17, 15) is 9.90 Å². The van der Waals surface area contributed by atoms with Crippen molar-refractivity contribution >= 4 is 5.97 Å². The SMILES string of the molecule is CC(C)Oc1ccc(C(NCCN(C)C)C(=O)O)cc1. The lowest BCUT2D eigenvalue weighted by atomic mass is 10.1. The van der Waals surface area contributed by atoms with Crippen LogP contribution in [0.15, 0.2) is 24.3 Å². The van der Waals surface area contributed by atoms with Crippen molar-refractivity contribution in [1.82, 2.24) is 10.2 Å². The molecule has 20 heavy (non-hydrogen) atoms. The van der Waals surface area contributed by atoms with Crippen molar-refractivity contribution in [3.05, 3.63) is 29.8 Å². The van der Waals surface area contributed by atoms with E-state index in [1.165, 1.54) is 0 Å². The van der Waals surface area contributed by atoms with E-state index in [2.05, 4.69) is 5.32 Å². The lowest BCUT2D eigenvalue weighted by Crippen LogP contribution is -2.33. The van der Waals surface area contributed by atoms with Crippen LogP contribution in [0.25, 0.3) is 0 Å². The molecule has 1 atom stereocenters. The highest BCUT2D eigenvalue weighted by Gasteiger charge is 2.18. The molecule has 5 heteroatoms. The molecular weight excluding hydrogens is 256 g/mol. The summed E-state index contributed by atoms with van der Waals surface area (Å²) in [6.07, 6.45) is 0.106. The van der Waals surface area contributed by atoms with E-state index in [-0.39, 0.29) is 6.10 Å². The number of rotatable bonds is 8. The molecule has 0 heterocycles. The third-order valence-corrected chi connectivity index (χ3v) is 2.74. The average Bonchev–Trinajstić information content (AvgIpc) is 2.34. The quantitative estimate of drug-likeness (QED) is 0.759. The molecule has 112 valence electrons. The minimum absolute atomic E-state index is 0.106. The maximum atomic E-state index is 11.3. The number of hydrogen-bond acceptors (Lipinski definition) is 4. The second-order valence-corrected chi connectivity index (χ2v) is 5.26. The number of likely N-dealkylation sites (N-methyl/N-ethyl adjacent to an activating group) is 1. The molecule has 0 spiro atoms. The number of carboxylic acid groups (broad SMARTS) is 1. The molecule has 5 nitrogen and oxygen atoms in total. The van der Waals surface area contributed by atoms with Crippen molar-refractivity contribution in [3.8, 4) is 5.75 Å². The van der Waals surface area contributed by atoms with Crippen molar-refractivity contribution < 1.29 is 14.6 Å². The first kappa shape index (κ1) is 16.5. The molecule has 2 N–H and O–H groups in total. The van der Waals surface area contributed by atoms with Crippen LogP contribution in [-0.2, 0) is 4.79 Å². The lowest BCUT2D eigenvalue weighted by molar-refractivity contribution is -0.139. The number of nitrogens with zero attached hydrogens (tertiary/aromatic N) is 1. The first-order valence-corrected chi connectivity index (χ1v) is 6.77. The summed E-state index contributed by atoms with van der Waals surface area (Å²) < 4.78 is 5.55. The number of carboxylic acids is 1. The van der Waals surface area contributed by atoms with Gasteiger partial charge < -0.3 is 14.7 Å². The summed E-state index contributed by atoms with van der Waals surface area (Å²) >= 11 is 0. The fourth-order valence-corrected chi connectivity index (χ4v) is 1.79. The first-order valence-electron chi connectivity index (χ1n) is 6.77. The zero-order chi connectivity index (χ0) is 15.1. The largest absolute Gasteiger partial charge is 0.491 e. The summed E-state index contributed by atoms with van der Waals surface area (Å²) in [6.45, 7) is 5.32. The number of ether oxygens (including phenoxy) is 1. The third kappa shape index (κ3) is 5.59. The zero-order valence-corrected chi connectivity index (χ0v) is 12.6. The summed E-state index contributed by atoms with van der Waals surface area (Å²) in [5.74, 6) is -0.123. The molecule has 0 fully saturated rings. The predicted octanol–water partition coefficient (Wildman–Crippen LogP) is 1.75. The van der Waals surface area contributed by atoms with E-state index in [4.69, 9.17) is 4.74 Å². The molecule has 0 aliphatic heterocycles. The molecule has 1 rings (SSSR count). The van der Waals surface area contributed by atoms with E-state index < -0.39 is 12.0 Å². The number of aliphatic carboxylic acids is 1. The molecule has 0 saturated carbocycles. The highest BCUT2D eigenvalue weighted by Crippen LogP contribution is 2.19. The monoisotopic (exact) mass is 280 g/mol. The van der Waals surface area contributed by atoms with E-state index in [0.717, 1.165) is 17.9 Å². The van der Waals surface area contributed by atoms with Gasteiger partial charge in [-0.25, -0.2) is 0 Å². The standard InChI is InChI=1S/C15H24N2O3/c1-11(2)20-13-7-5-12(6-8-13)14(15(18)19)16-9-10-17(3)4/h5-8,11,14,16H,9-10H2,1-4H3,(H,18,19). The van der Waals surface area contributed by atoms with Crippen molar-refractivity contribution in [2.24, 2.45) is 0 Å². The minimum Gasteiger partial charge on any atom is -0.491 e. The summed E-state index contributed by atoms with van der Waals surface area (Å²) in [6, 6.07) is 6.50. The molecule has 0 radical (unpaired) electrons. The van der Waals surface area contributed by atoms with Gasteiger partial charge in [0.15, 0.2) is 0 Å². The second-order valence-electron chi connectivity index (χ2n) is 5.26. The number of benzene rings is 1. The topological polar surface area (TPSA) is 61.8 Å². The van der Waals surface area contributed by atoms with Gasteiger partial charge in [-0.3, -0.25) is 10.1 Å². The Morgan fingerprint density at radius 1 is 1.30 bits per heavy atom. The Bertz CT molecular complexity index is 416. The second kappa shape index (κ2) is 7.87. The summed E-state index contributed by atoms with van der Waals surface area (Å²) in [5, 5.41) is 12.3. The smallest absolute Gasteiger partial charge is 0.325 e. The number of nitrogens with one attached hydrogen (secondary N) is 1. The van der Waals surface area contributed by atoms with Gasteiger partial charge in [0.1, 0.15) is 11.8 Å².